The van der Waals surface area contributed by atoms with Crippen molar-refractivity contribution in [3.8, 4) is 6.07 Å². The number of benzene rings is 1. The molecule has 0 unspecified atom stereocenters. The second kappa shape index (κ2) is 8.91. The van der Waals surface area contributed by atoms with Crippen molar-refractivity contribution in [3.63, 3.8) is 0 Å². The number of carbonyl (C=O) groups excluding carboxylic acids is 1. The van der Waals surface area contributed by atoms with Gasteiger partial charge >= 0.3 is 0 Å². The van der Waals surface area contributed by atoms with Crippen LogP contribution in [0.1, 0.15) is 45.8 Å². The van der Waals surface area contributed by atoms with Crippen molar-refractivity contribution in [2.24, 2.45) is 5.92 Å². The Hall–Kier alpha value is -2.46. The molecule has 6 heteroatoms. The van der Waals surface area contributed by atoms with Crippen LogP contribution in [0.25, 0.3) is 0 Å². The van der Waals surface area contributed by atoms with Crippen LogP contribution in [-0.2, 0) is 17.6 Å². The molecular formula is C23H24N3OS2+. The first-order valence-electron chi connectivity index (χ1n) is 9.92. The maximum atomic E-state index is 12.7. The van der Waals surface area contributed by atoms with Gasteiger partial charge in [0, 0.05) is 10.4 Å². The van der Waals surface area contributed by atoms with Gasteiger partial charge < -0.3 is 10.6 Å². The van der Waals surface area contributed by atoms with E-state index in [0.29, 0.717) is 18.0 Å². The monoisotopic (exact) mass is 422 g/mol. The standard InChI is InChI=1S/C23H23N3OS2/c1-15-9-10-17-18(13-24)23(29-20(17)12-15)26-21(27)14-25-22(19-8-5-11-28-19)16-6-3-2-4-7-16/h2-8,11,15,22,25H,9-10,12,14H2,1H3,(H,26,27)/p+1/t15-,22-/m0/s1. The van der Waals surface area contributed by atoms with Gasteiger partial charge in [-0.1, -0.05) is 43.3 Å². The Balaban J connectivity index is 1.47. The summed E-state index contributed by atoms with van der Waals surface area (Å²) in [6, 6.07) is 16.8. The van der Waals surface area contributed by atoms with Crippen LogP contribution in [0.15, 0.2) is 47.8 Å². The number of carbonyl (C=O) groups is 1. The predicted octanol–water partition coefficient (Wildman–Crippen LogP) is 4.10. The Morgan fingerprint density at radius 2 is 2.14 bits per heavy atom. The van der Waals surface area contributed by atoms with Gasteiger partial charge in [-0.15, -0.1) is 22.7 Å². The minimum Gasteiger partial charge on any atom is -0.328 e. The fourth-order valence-corrected chi connectivity index (χ4v) is 6.13. The first kappa shape index (κ1) is 19.8. The van der Waals surface area contributed by atoms with Crippen LogP contribution >= 0.6 is 22.7 Å². The van der Waals surface area contributed by atoms with Crippen molar-refractivity contribution in [1.29, 1.82) is 5.26 Å². The van der Waals surface area contributed by atoms with Crippen LogP contribution in [-0.4, -0.2) is 12.5 Å². The van der Waals surface area contributed by atoms with Gasteiger partial charge in [0.1, 0.15) is 17.1 Å². The molecule has 29 heavy (non-hydrogen) atoms. The molecule has 3 N–H and O–H groups in total. The van der Waals surface area contributed by atoms with Crippen LogP contribution in [0.3, 0.4) is 0 Å². The number of fused-ring (bicyclic) bond motifs is 1. The lowest BCUT2D eigenvalue weighted by molar-refractivity contribution is -0.675. The summed E-state index contributed by atoms with van der Waals surface area (Å²) in [5.74, 6) is 0.577. The molecule has 1 aromatic carbocycles. The number of nitrogens with zero attached hydrogens (tertiary/aromatic N) is 1. The highest BCUT2D eigenvalue weighted by atomic mass is 32.1. The third-order valence-corrected chi connectivity index (χ3v) is 7.55. The summed E-state index contributed by atoms with van der Waals surface area (Å²) < 4.78 is 0. The molecule has 1 aliphatic rings. The van der Waals surface area contributed by atoms with Gasteiger partial charge in [0.25, 0.3) is 5.91 Å². The van der Waals surface area contributed by atoms with E-state index in [1.165, 1.54) is 15.3 Å². The SMILES string of the molecule is C[C@H]1CCc2c(sc(NC(=O)C[NH2+][C@@H](c3ccccc3)c3cccs3)c2C#N)C1. The van der Waals surface area contributed by atoms with E-state index in [9.17, 15) is 10.1 Å². The molecule has 1 amide bonds. The molecule has 0 saturated heterocycles. The number of nitrogens with two attached hydrogens (primary N) is 1. The average Bonchev–Trinajstić information content (AvgIpc) is 3.36. The number of thiophene rings is 2. The molecule has 3 aromatic rings. The zero-order valence-corrected chi connectivity index (χ0v) is 18.0. The molecular weight excluding hydrogens is 398 g/mol. The number of amides is 1. The summed E-state index contributed by atoms with van der Waals surface area (Å²) in [4.78, 5) is 15.2. The quantitative estimate of drug-likeness (QED) is 0.628. The minimum absolute atomic E-state index is 0.0642. The molecule has 0 bridgehead atoms. The molecule has 4 nitrogen and oxygen atoms in total. The summed E-state index contributed by atoms with van der Waals surface area (Å²) in [5.41, 5.74) is 3.00. The average molecular weight is 423 g/mol. The van der Waals surface area contributed by atoms with Gasteiger partial charge in [-0.3, -0.25) is 4.79 Å². The van der Waals surface area contributed by atoms with E-state index in [0.717, 1.165) is 29.8 Å². The highest BCUT2D eigenvalue weighted by Crippen LogP contribution is 2.39. The second-order valence-corrected chi connectivity index (χ2v) is 9.64. The zero-order chi connectivity index (χ0) is 20.2. The van der Waals surface area contributed by atoms with Gasteiger partial charge in [0.2, 0.25) is 0 Å². The molecule has 2 heterocycles. The highest BCUT2D eigenvalue weighted by molar-refractivity contribution is 7.16. The van der Waals surface area contributed by atoms with Gasteiger partial charge in [-0.25, -0.2) is 0 Å². The fourth-order valence-electron chi connectivity index (χ4n) is 3.90. The van der Waals surface area contributed by atoms with Crippen molar-refractivity contribution in [2.75, 3.05) is 11.9 Å². The summed E-state index contributed by atoms with van der Waals surface area (Å²) in [6.07, 6.45) is 3.05. The molecule has 148 valence electrons. The lowest BCUT2D eigenvalue weighted by Crippen LogP contribution is -2.87. The van der Waals surface area contributed by atoms with Crippen LogP contribution < -0.4 is 10.6 Å². The Morgan fingerprint density at radius 1 is 1.31 bits per heavy atom. The fraction of sp³-hybridized carbons (Fsp3) is 0.304. The van der Waals surface area contributed by atoms with Crippen molar-refractivity contribution in [1.82, 2.24) is 0 Å². The van der Waals surface area contributed by atoms with Crippen LogP contribution in [0, 0.1) is 17.2 Å². The number of rotatable bonds is 6. The predicted molar refractivity (Wildman–Crippen MR) is 118 cm³/mol. The molecule has 4 rings (SSSR count). The van der Waals surface area contributed by atoms with Gasteiger partial charge in [-0.05, 0) is 42.2 Å². The molecule has 2 aromatic heterocycles. The lowest BCUT2D eigenvalue weighted by atomic mass is 9.89. The molecule has 0 fully saturated rings. The Bertz CT molecular complexity index is 1020. The number of nitrogens with one attached hydrogen (secondary N) is 1. The normalized spacial score (nSPS) is 16.6. The van der Waals surface area contributed by atoms with E-state index >= 15 is 0 Å². The molecule has 1 aliphatic carbocycles. The van der Waals surface area contributed by atoms with Crippen molar-refractivity contribution >= 4 is 33.6 Å². The van der Waals surface area contributed by atoms with E-state index in [4.69, 9.17) is 0 Å². The summed E-state index contributed by atoms with van der Waals surface area (Å²) in [6.45, 7) is 2.55. The first-order chi connectivity index (χ1) is 14.2. The molecule has 0 aliphatic heterocycles. The molecule has 0 radical (unpaired) electrons. The molecule has 0 spiro atoms. The minimum atomic E-state index is -0.0642. The van der Waals surface area contributed by atoms with Gasteiger partial charge in [0.15, 0.2) is 6.54 Å². The number of hydrogen-bond acceptors (Lipinski definition) is 4. The highest BCUT2D eigenvalue weighted by Gasteiger charge is 2.25. The van der Waals surface area contributed by atoms with Crippen molar-refractivity contribution in [3.05, 3.63) is 74.3 Å². The van der Waals surface area contributed by atoms with E-state index in [-0.39, 0.29) is 11.9 Å². The Labute approximate surface area is 179 Å². The zero-order valence-electron chi connectivity index (χ0n) is 16.4. The van der Waals surface area contributed by atoms with Gasteiger partial charge in [-0.2, -0.15) is 5.26 Å². The van der Waals surface area contributed by atoms with Crippen molar-refractivity contribution < 1.29 is 10.1 Å². The van der Waals surface area contributed by atoms with E-state index in [2.05, 4.69) is 47.2 Å². The summed E-state index contributed by atoms with van der Waals surface area (Å²) in [5, 5.41) is 17.5. The van der Waals surface area contributed by atoms with Gasteiger partial charge in [0.05, 0.1) is 10.4 Å². The Kier molecular flexibility index (Phi) is 6.10. The van der Waals surface area contributed by atoms with Crippen LogP contribution in [0.4, 0.5) is 5.00 Å². The van der Waals surface area contributed by atoms with E-state index in [1.54, 1.807) is 22.7 Å². The lowest BCUT2D eigenvalue weighted by Gasteiger charge is -2.17. The number of hydrogen-bond donors (Lipinski definition) is 2. The maximum Gasteiger partial charge on any atom is 0.280 e. The molecule has 2 atom stereocenters. The Morgan fingerprint density at radius 3 is 2.86 bits per heavy atom. The van der Waals surface area contributed by atoms with Crippen molar-refractivity contribution in [2.45, 2.75) is 32.2 Å². The maximum absolute atomic E-state index is 12.7. The number of nitriles is 1. The van der Waals surface area contributed by atoms with E-state index in [1.807, 2.05) is 24.3 Å². The third kappa shape index (κ3) is 4.43. The summed E-state index contributed by atoms with van der Waals surface area (Å²) >= 11 is 3.28. The topological polar surface area (TPSA) is 69.5 Å². The number of quaternary nitrogens is 1. The largest absolute Gasteiger partial charge is 0.328 e. The first-order valence-corrected chi connectivity index (χ1v) is 11.6. The summed E-state index contributed by atoms with van der Waals surface area (Å²) in [7, 11) is 0. The van der Waals surface area contributed by atoms with Crippen LogP contribution in [0.2, 0.25) is 0 Å². The molecule has 0 saturated carbocycles. The van der Waals surface area contributed by atoms with Crippen LogP contribution in [0.5, 0.6) is 0 Å². The third-order valence-electron chi connectivity index (χ3n) is 5.42. The van der Waals surface area contributed by atoms with E-state index < -0.39 is 0 Å². The smallest absolute Gasteiger partial charge is 0.280 e. The number of anilines is 1. The second-order valence-electron chi connectivity index (χ2n) is 7.56.